The molecule has 0 aromatic heterocycles. The van der Waals surface area contributed by atoms with Gasteiger partial charge < -0.3 is 14.2 Å². The van der Waals surface area contributed by atoms with Gasteiger partial charge in [-0.15, -0.1) is 0 Å². The van der Waals surface area contributed by atoms with Crippen molar-refractivity contribution < 1.29 is 14.2 Å². The van der Waals surface area contributed by atoms with Crippen LogP contribution in [0.2, 0.25) is 0 Å². The minimum absolute atomic E-state index is 0.666. The number of benzene rings is 1. The van der Waals surface area contributed by atoms with Gasteiger partial charge in [-0.1, -0.05) is 126 Å². The molecule has 3 heteroatoms. The number of ether oxygens (including phenoxy) is 3. The first-order valence-electron chi connectivity index (χ1n) is 16.6. The Kier molecular flexibility index (Phi) is 19.5. The number of hydrogen-bond acceptors (Lipinski definition) is 3. The minimum Gasteiger partial charge on any atom is -0.490 e. The van der Waals surface area contributed by atoms with Gasteiger partial charge in [0.05, 0.1) is 19.8 Å². The van der Waals surface area contributed by atoms with Gasteiger partial charge in [-0.2, -0.15) is 0 Å². The molecular weight excluding hydrogens is 480 g/mol. The van der Waals surface area contributed by atoms with Crippen LogP contribution in [0.25, 0.3) is 0 Å². The highest BCUT2D eigenvalue weighted by molar-refractivity contribution is 5.51. The van der Waals surface area contributed by atoms with Crippen LogP contribution in [-0.4, -0.2) is 19.8 Å². The van der Waals surface area contributed by atoms with Crippen molar-refractivity contribution in [2.75, 3.05) is 19.8 Å². The van der Waals surface area contributed by atoms with E-state index in [2.05, 4.69) is 62.3 Å². The molecule has 0 amide bonds. The third-order valence-corrected chi connectivity index (χ3v) is 7.97. The molecule has 0 saturated carbocycles. The Bertz CT molecular complexity index is 667. The zero-order valence-electron chi connectivity index (χ0n) is 27.5. The predicted octanol–water partition coefficient (Wildman–Crippen LogP) is 11.4. The van der Waals surface area contributed by atoms with Gasteiger partial charge in [-0.3, -0.25) is 0 Å². The largest absolute Gasteiger partial charge is 0.490 e. The van der Waals surface area contributed by atoms with E-state index in [1.165, 1.54) is 57.8 Å². The van der Waals surface area contributed by atoms with Gasteiger partial charge in [0.2, 0.25) is 5.75 Å². The number of rotatable bonds is 24. The molecule has 0 N–H and O–H groups in total. The molecule has 228 valence electrons. The molecule has 3 nitrogen and oxygen atoms in total. The third-order valence-electron chi connectivity index (χ3n) is 7.97. The average molecular weight is 547 g/mol. The molecule has 1 aromatic rings. The van der Waals surface area contributed by atoms with E-state index < -0.39 is 0 Å². The van der Waals surface area contributed by atoms with Crippen molar-refractivity contribution in [1.82, 2.24) is 0 Å². The van der Waals surface area contributed by atoms with Gasteiger partial charge in [0.1, 0.15) is 0 Å². The first kappa shape index (κ1) is 35.6. The van der Waals surface area contributed by atoms with E-state index in [4.69, 9.17) is 14.2 Å². The number of hydrogen-bond donors (Lipinski definition) is 0. The first-order chi connectivity index (χ1) is 18.6. The quantitative estimate of drug-likeness (QED) is 0.129. The second-order valence-corrected chi connectivity index (χ2v) is 13.8. The summed E-state index contributed by atoms with van der Waals surface area (Å²) in [6.45, 7) is 23.1. The normalized spacial score (nSPS) is 14.2. The molecule has 0 bridgehead atoms. The molecule has 0 saturated heterocycles. The fraction of sp³-hybridized carbons (Fsp3) is 0.833. The SMILES string of the molecule is CC(C)CCCC(C)CCOc1cccc(OCCC(C)CCCC(C)C)c1OCCC(C)CCCC(C)C. The lowest BCUT2D eigenvalue weighted by Crippen LogP contribution is -2.10. The Morgan fingerprint density at radius 2 is 0.769 bits per heavy atom. The van der Waals surface area contributed by atoms with E-state index in [0.717, 1.165) is 67.5 Å². The van der Waals surface area contributed by atoms with E-state index in [9.17, 15) is 0 Å². The second-order valence-electron chi connectivity index (χ2n) is 13.8. The lowest BCUT2D eigenvalue weighted by atomic mass is 9.97. The fourth-order valence-corrected chi connectivity index (χ4v) is 5.02. The summed E-state index contributed by atoms with van der Waals surface area (Å²) in [7, 11) is 0. The average Bonchev–Trinajstić information content (AvgIpc) is 2.84. The summed E-state index contributed by atoms with van der Waals surface area (Å²) in [5.41, 5.74) is 0. The van der Waals surface area contributed by atoms with Crippen molar-refractivity contribution >= 4 is 0 Å². The second kappa shape index (κ2) is 21.4. The van der Waals surface area contributed by atoms with Crippen LogP contribution in [-0.2, 0) is 0 Å². The molecule has 1 rings (SSSR count). The van der Waals surface area contributed by atoms with Crippen LogP contribution in [0.3, 0.4) is 0 Å². The number of para-hydroxylation sites is 1. The lowest BCUT2D eigenvalue weighted by Gasteiger charge is -2.20. The predicted molar refractivity (Wildman–Crippen MR) is 170 cm³/mol. The van der Waals surface area contributed by atoms with Crippen molar-refractivity contribution in [1.29, 1.82) is 0 Å². The summed E-state index contributed by atoms with van der Waals surface area (Å²) in [5.74, 6) is 6.85. The van der Waals surface area contributed by atoms with Gasteiger partial charge >= 0.3 is 0 Å². The highest BCUT2D eigenvalue weighted by Gasteiger charge is 2.15. The first-order valence-corrected chi connectivity index (χ1v) is 16.6. The van der Waals surface area contributed by atoms with Crippen molar-refractivity contribution in [2.24, 2.45) is 35.5 Å². The maximum Gasteiger partial charge on any atom is 0.203 e. The summed E-state index contributed by atoms with van der Waals surface area (Å²) in [6, 6.07) is 6.14. The summed E-state index contributed by atoms with van der Waals surface area (Å²) in [5, 5.41) is 0. The Balaban J connectivity index is 2.70. The highest BCUT2D eigenvalue weighted by Crippen LogP contribution is 2.38. The topological polar surface area (TPSA) is 27.7 Å². The monoisotopic (exact) mass is 547 g/mol. The van der Waals surface area contributed by atoms with Crippen LogP contribution in [0.15, 0.2) is 18.2 Å². The molecule has 0 aliphatic heterocycles. The van der Waals surface area contributed by atoms with Crippen LogP contribution >= 0.6 is 0 Å². The molecule has 3 atom stereocenters. The van der Waals surface area contributed by atoms with Crippen molar-refractivity contribution in [3.63, 3.8) is 0 Å². The van der Waals surface area contributed by atoms with Gasteiger partial charge in [-0.05, 0) is 66.9 Å². The van der Waals surface area contributed by atoms with Crippen LogP contribution in [0, 0.1) is 35.5 Å². The minimum atomic E-state index is 0.666. The summed E-state index contributed by atoms with van der Waals surface area (Å²) in [6.07, 6.45) is 14.9. The zero-order valence-corrected chi connectivity index (χ0v) is 27.5. The van der Waals surface area contributed by atoms with Gasteiger partial charge in [0, 0.05) is 0 Å². The molecule has 0 aliphatic carbocycles. The molecule has 0 fully saturated rings. The molecule has 1 aromatic carbocycles. The van der Waals surface area contributed by atoms with E-state index >= 15 is 0 Å². The lowest BCUT2D eigenvalue weighted by molar-refractivity contribution is 0.216. The molecule has 0 spiro atoms. The zero-order chi connectivity index (χ0) is 29.0. The van der Waals surface area contributed by atoms with Gasteiger partial charge in [-0.25, -0.2) is 0 Å². The maximum absolute atomic E-state index is 6.41. The molecule has 0 aliphatic rings. The third kappa shape index (κ3) is 18.6. The Morgan fingerprint density at radius 3 is 1.10 bits per heavy atom. The summed E-state index contributed by atoms with van der Waals surface area (Å²) in [4.78, 5) is 0. The molecule has 3 unspecified atom stereocenters. The van der Waals surface area contributed by atoms with E-state index in [-0.39, 0.29) is 0 Å². The van der Waals surface area contributed by atoms with Crippen molar-refractivity contribution in [2.45, 2.75) is 139 Å². The van der Waals surface area contributed by atoms with Gasteiger partial charge in [0.25, 0.3) is 0 Å². The highest BCUT2D eigenvalue weighted by atomic mass is 16.5. The Hall–Kier alpha value is -1.38. The van der Waals surface area contributed by atoms with Crippen LogP contribution in [0.4, 0.5) is 0 Å². The Morgan fingerprint density at radius 1 is 0.436 bits per heavy atom. The molecule has 0 radical (unpaired) electrons. The maximum atomic E-state index is 6.41. The Labute approximate surface area is 244 Å². The van der Waals surface area contributed by atoms with E-state index in [1.54, 1.807) is 0 Å². The van der Waals surface area contributed by atoms with Crippen molar-refractivity contribution in [3.05, 3.63) is 18.2 Å². The molecule has 0 heterocycles. The standard InChI is InChI=1S/C36H66O3/c1-28(2)14-10-17-31(7)22-25-37-34-20-13-21-35(38-26-23-32(8)18-11-15-29(3)4)36(34)39-27-24-33(9)19-12-16-30(5)6/h13,20-21,28-33H,10-12,14-19,22-27H2,1-9H3. The summed E-state index contributed by atoms with van der Waals surface area (Å²) >= 11 is 0. The van der Waals surface area contributed by atoms with Gasteiger partial charge in [0.15, 0.2) is 11.5 Å². The fourth-order valence-electron chi connectivity index (χ4n) is 5.02. The summed E-state index contributed by atoms with van der Waals surface area (Å²) < 4.78 is 19.1. The molecule has 39 heavy (non-hydrogen) atoms. The molecular formula is C36H66O3. The van der Waals surface area contributed by atoms with Crippen molar-refractivity contribution in [3.8, 4) is 17.2 Å². The van der Waals surface area contributed by atoms with E-state index in [0.29, 0.717) is 24.4 Å². The van der Waals surface area contributed by atoms with Crippen LogP contribution in [0.1, 0.15) is 139 Å². The van der Waals surface area contributed by atoms with Crippen LogP contribution in [0.5, 0.6) is 17.2 Å². The van der Waals surface area contributed by atoms with Crippen LogP contribution < -0.4 is 14.2 Å². The van der Waals surface area contributed by atoms with E-state index in [1.807, 2.05) is 18.2 Å². The smallest absolute Gasteiger partial charge is 0.203 e.